The van der Waals surface area contributed by atoms with E-state index >= 15 is 0 Å². The van der Waals surface area contributed by atoms with Gasteiger partial charge in [-0.05, 0) is 44.5 Å². The molecule has 1 N–H and O–H groups in total. The third kappa shape index (κ3) is 5.31. The maximum absolute atomic E-state index is 12.5. The molecule has 0 aromatic heterocycles. The Balaban J connectivity index is 2.49. The first-order valence-corrected chi connectivity index (χ1v) is 11.0. The first-order valence-electron chi connectivity index (χ1n) is 7.58. The zero-order chi connectivity index (χ0) is 20.6. The van der Waals surface area contributed by atoms with E-state index in [1.807, 2.05) is 0 Å². The van der Waals surface area contributed by atoms with E-state index in [4.69, 9.17) is 32.5 Å². The molecule has 1 aromatic rings. The fraction of sp³-hybridized carbons (Fsp3) is 0.375. The van der Waals surface area contributed by atoms with Gasteiger partial charge in [0.2, 0.25) is 6.49 Å². The highest BCUT2D eigenvalue weighted by Crippen LogP contribution is 2.52. The third-order valence-electron chi connectivity index (χ3n) is 3.57. The maximum Gasteiger partial charge on any atom is 0.412 e. The summed E-state index contributed by atoms with van der Waals surface area (Å²) in [7, 11) is 0. The van der Waals surface area contributed by atoms with E-state index in [1.54, 1.807) is 26.0 Å². The van der Waals surface area contributed by atoms with Crippen molar-refractivity contribution in [3.63, 3.8) is 0 Å². The summed E-state index contributed by atoms with van der Waals surface area (Å²) in [5.74, 6) is -0.399. The van der Waals surface area contributed by atoms with Crippen LogP contribution in [0.4, 0.5) is 18.9 Å². The van der Waals surface area contributed by atoms with E-state index in [2.05, 4.69) is 17.0 Å². The Hall–Kier alpha value is -1.41. The minimum Gasteiger partial charge on any atom is -0.445 e. The molecule has 1 aromatic carbocycles. The molecule has 5 nitrogen and oxygen atoms in total. The number of benzene rings is 1. The number of rotatable bonds is 6. The molecule has 0 saturated heterocycles. The van der Waals surface area contributed by atoms with Gasteiger partial charge in [-0.1, -0.05) is 17.7 Å². The van der Waals surface area contributed by atoms with E-state index in [0.717, 1.165) is 0 Å². The standard InChI is InChI=1S/C16H17ClF3N2O3PS/c1-15(2)13(25-26(4,27)24-8-16(18,19)20)12(14(23)22-15)10-6-5-9(21-3)7-11(10)17/h5-7H,3,8H2,1-2,4H3,(H,22,23). The van der Waals surface area contributed by atoms with Gasteiger partial charge in [0.15, 0.2) is 6.61 Å². The molecule has 0 saturated carbocycles. The van der Waals surface area contributed by atoms with Gasteiger partial charge in [-0.25, -0.2) is 0 Å². The molecule has 1 unspecified atom stereocenters. The Labute approximate surface area is 164 Å². The van der Waals surface area contributed by atoms with E-state index in [9.17, 15) is 18.0 Å². The van der Waals surface area contributed by atoms with Crippen molar-refractivity contribution < 1.29 is 27.0 Å². The number of hydrogen-bond acceptors (Lipinski definition) is 5. The van der Waals surface area contributed by atoms with Crippen LogP contribution in [0.5, 0.6) is 0 Å². The van der Waals surface area contributed by atoms with E-state index in [1.165, 1.54) is 12.7 Å². The minimum atomic E-state index is -4.54. The van der Waals surface area contributed by atoms with Crippen molar-refractivity contribution in [2.45, 2.75) is 25.6 Å². The molecule has 0 spiro atoms. The quantitative estimate of drug-likeness (QED) is 0.508. The molecular formula is C16H17ClF3N2O3PS. The number of aliphatic imine (C=N–C) groups is 1. The summed E-state index contributed by atoms with van der Waals surface area (Å²) >= 11 is 11.4. The fourth-order valence-corrected chi connectivity index (χ4v) is 4.15. The van der Waals surface area contributed by atoms with Crippen molar-refractivity contribution in [2.24, 2.45) is 4.99 Å². The second kappa shape index (κ2) is 7.54. The molecule has 1 aliphatic heterocycles. The predicted octanol–water partition coefficient (Wildman–Crippen LogP) is 4.83. The molecule has 11 heteroatoms. The van der Waals surface area contributed by atoms with Gasteiger partial charge < -0.3 is 14.4 Å². The van der Waals surface area contributed by atoms with Crippen LogP contribution in [0.2, 0.25) is 5.02 Å². The van der Waals surface area contributed by atoms with E-state index < -0.39 is 30.7 Å². The molecule has 2 rings (SSSR count). The second-order valence-corrected chi connectivity index (χ2v) is 10.7. The minimum absolute atomic E-state index is 0.0849. The van der Waals surface area contributed by atoms with Crippen LogP contribution in [0.3, 0.4) is 0 Å². The van der Waals surface area contributed by atoms with Crippen molar-refractivity contribution in [2.75, 3.05) is 13.3 Å². The SMILES string of the molecule is C=Nc1ccc(C2=C(OP(C)(=S)OCC(F)(F)F)C(C)(C)NC2=O)c(Cl)c1. The molecule has 0 bridgehead atoms. The first-order chi connectivity index (χ1) is 12.3. The lowest BCUT2D eigenvalue weighted by atomic mass is 9.99. The fourth-order valence-electron chi connectivity index (χ4n) is 2.41. The van der Waals surface area contributed by atoms with Gasteiger partial charge in [0.05, 0.1) is 21.8 Å². The average molecular weight is 441 g/mol. The van der Waals surface area contributed by atoms with Crippen LogP contribution < -0.4 is 5.32 Å². The number of carbonyl (C=O) groups is 1. The molecule has 1 aliphatic rings. The van der Waals surface area contributed by atoms with Gasteiger partial charge in [-0.3, -0.25) is 9.79 Å². The van der Waals surface area contributed by atoms with Gasteiger partial charge in [0.25, 0.3) is 5.91 Å². The highest BCUT2D eigenvalue weighted by atomic mass is 35.5. The molecule has 1 atom stereocenters. The topological polar surface area (TPSA) is 59.9 Å². The normalized spacial score (nSPS) is 18.9. The van der Waals surface area contributed by atoms with Crippen LogP contribution in [-0.2, 0) is 25.6 Å². The number of alkyl halides is 3. The molecule has 0 radical (unpaired) electrons. The molecule has 0 aliphatic carbocycles. The molecular weight excluding hydrogens is 424 g/mol. The van der Waals surface area contributed by atoms with Gasteiger partial charge in [0.1, 0.15) is 5.76 Å². The van der Waals surface area contributed by atoms with Crippen molar-refractivity contribution >= 4 is 53.8 Å². The van der Waals surface area contributed by atoms with Crippen LogP contribution in [0.15, 0.2) is 29.0 Å². The summed E-state index contributed by atoms with van der Waals surface area (Å²) in [5, 5.41) is 2.92. The van der Waals surface area contributed by atoms with Gasteiger partial charge in [0, 0.05) is 12.2 Å². The first kappa shape index (κ1) is 21.9. The van der Waals surface area contributed by atoms with Gasteiger partial charge in [-0.15, -0.1) is 0 Å². The van der Waals surface area contributed by atoms with Crippen LogP contribution in [0, 0.1) is 0 Å². The van der Waals surface area contributed by atoms with Crippen LogP contribution in [0.25, 0.3) is 5.57 Å². The molecule has 0 fully saturated rings. The summed E-state index contributed by atoms with van der Waals surface area (Å²) in [4.78, 5) is 16.3. The third-order valence-corrected chi connectivity index (χ3v) is 5.54. The van der Waals surface area contributed by atoms with Gasteiger partial charge >= 0.3 is 6.18 Å². The van der Waals surface area contributed by atoms with E-state index in [-0.39, 0.29) is 16.4 Å². The number of hydrogen-bond donors (Lipinski definition) is 1. The Morgan fingerprint density at radius 1 is 1.41 bits per heavy atom. The lowest BCUT2D eigenvalue weighted by Gasteiger charge is -2.28. The lowest BCUT2D eigenvalue weighted by Crippen LogP contribution is -2.38. The highest BCUT2D eigenvalue weighted by Gasteiger charge is 2.43. The molecule has 27 heavy (non-hydrogen) atoms. The van der Waals surface area contributed by atoms with Gasteiger partial charge in [-0.2, -0.15) is 13.2 Å². The zero-order valence-electron chi connectivity index (χ0n) is 14.7. The number of carbonyl (C=O) groups excluding carboxylic acids is 1. The molecule has 1 amide bonds. The highest BCUT2D eigenvalue weighted by molar-refractivity contribution is 8.09. The summed E-state index contributed by atoms with van der Waals surface area (Å²) in [5.41, 5.74) is -0.0777. The van der Waals surface area contributed by atoms with Crippen molar-refractivity contribution in [1.82, 2.24) is 5.32 Å². The summed E-state index contributed by atoms with van der Waals surface area (Å²) in [6.07, 6.45) is -4.54. The van der Waals surface area contributed by atoms with Crippen LogP contribution in [0.1, 0.15) is 19.4 Å². The Bertz CT molecular complexity index is 871. The zero-order valence-corrected chi connectivity index (χ0v) is 17.2. The smallest absolute Gasteiger partial charge is 0.412 e. The number of nitrogens with one attached hydrogen (secondary N) is 1. The van der Waals surface area contributed by atoms with Crippen LogP contribution >= 0.6 is 18.1 Å². The average Bonchev–Trinajstić information content (AvgIpc) is 2.73. The Morgan fingerprint density at radius 2 is 2.04 bits per heavy atom. The summed E-state index contributed by atoms with van der Waals surface area (Å²) in [6, 6.07) is 4.66. The number of halogens is 4. The second-order valence-electron chi connectivity index (χ2n) is 6.36. The summed E-state index contributed by atoms with van der Waals surface area (Å²) in [6.45, 7) is 3.07. The predicted molar refractivity (Wildman–Crippen MR) is 103 cm³/mol. The molecule has 1 heterocycles. The van der Waals surface area contributed by atoms with Crippen molar-refractivity contribution in [3.8, 4) is 0 Å². The van der Waals surface area contributed by atoms with Crippen LogP contribution in [-0.4, -0.2) is 37.6 Å². The van der Waals surface area contributed by atoms with Crippen molar-refractivity contribution in [1.29, 1.82) is 0 Å². The Kier molecular flexibility index (Phi) is 6.11. The number of nitrogens with zero attached hydrogens (tertiary/aromatic N) is 1. The van der Waals surface area contributed by atoms with E-state index in [0.29, 0.717) is 11.3 Å². The number of amides is 1. The largest absolute Gasteiger partial charge is 0.445 e. The lowest BCUT2D eigenvalue weighted by molar-refractivity contribution is -0.153. The monoisotopic (exact) mass is 440 g/mol. The van der Waals surface area contributed by atoms with Crippen molar-refractivity contribution in [3.05, 3.63) is 34.5 Å². The summed E-state index contributed by atoms with van der Waals surface area (Å²) < 4.78 is 47.8. The Morgan fingerprint density at radius 3 is 2.56 bits per heavy atom. The molecule has 148 valence electrons. The maximum atomic E-state index is 12.5.